The molecule has 2 saturated carbocycles. The van der Waals surface area contributed by atoms with Crippen LogP contribution in [-0.2, 0) is 0 Å². The molecule has 2 fully saturated rings. The summed E-state index contributed by atoms with van der Waals surface area (Å²) in [5.41, 5.74) is 16.2. The van der Waals surface area contributed by atoms with Gasteiger partial charge in [0.05, 0.1) is 0 Å². The molecule has 0 bridgehead atoms. The summed E-state index contributed by atoms with van der Waals surface area (Å²) in [6.45, 7) is 17.6. The molecule has 0 saturated heterocycles. The minimum absolute atomic E-state index is 0.219. The molecule has 6 heteroatoms. The summed E-state index contributed by atoms with van der Waals surface area (Å²) in [5, 5.41) is 24.0. The van der Waals surface area contributed by atoms with Gasteiger partial charge in [0.1, 0.15) is 0 Å². The van der Waals surface area contributed by atoms with Crippen LogP contribution in [0.15, 0.2) is 0 Å². The maximum absolute atomic E-state index is 7.99. The lowest BCUT2D eigenvalue weighted by Gasteiger charge is -2.42. The van der Waals surface area contributed by atoms with E-state index in [4.69, 9.17) is 32.5 Å². The Balaban J connectivity index is -0.000000624. The zero-order chi connectivity index (χ0) is 30.7. The van der Waals surface area contributed by atoms with Crippen LogP contribution in [-0.4, -0.2) is 54.8 Å². The zero-order valence-corrected chi connectivity index (χ0v) is 27.0. The number of terminal acetylenes is 1. The zero-order valence-electron chi connectivity index (χ0n) is 27.0. The molecule has 2 aliphatic rings. The SMILES string of the molecule is C#C.CCC[C@@]1(C)C(C(C)CCC2CCCCC2(C)C)CC[C@@H]1C.NCCCO.NCCCO.NCCCO. The van der Waals surface area contributed by atoms with Gasteiger partial charge in [-0.05, 0) is 112 Å². The summed E-state index contributed by atoms with van der Waals surface area (Å²) < 4.78 is 0. The van der Waals surface area contributed by atoms with Gasteiger partial charge in [0, 0.05) is 19.8 Å². The van der Waals surface area contributed by atoms with E-state index in [0.29, 0.717) is 30.5 Å². The van der Waals surface area contributed by atoms with Crippen LogP contribution in [0.1, 0.15) is 125 Å². The molecule has 0 radical (unpaired) electrons. The first-order chi connectivity index (χ1) is 18.6. The van der Waals surface area contributed by atoms with Crippen LogP contribution >= 0.6 is 0 Å². The normalized spacial score (nSPS) is 25.7. The second kappa shape index (κ2) is 27.5. The van der Waals surface area contributed by atoms with Crippen molar-refractivity contribution in [3.8, 4) is 12.8 Å². The highest BCUT2D eigenvalue weighted by molar-refractivity contribution is 4.95. The molecule has 6 nitrogen and oxygen atoms in total. The molecule has 39 heavy (non-hydrogen) atoms. The van der Waals surface area contributed by atoms with E-state index in [1.54, 1.807) is 0 Å². The number of nitrogens with two attached hydrogens (primary N) is 3. The van der Waals surface area contributed by atoms with Crippen molar-refractivity contribution in [1.29, 1.82) is 0 Å². The molecular weight excluding hydrogens is 486 g/mol. The number of hydrogen-bond acceptors (Lipinski definition) is 6. The fourth-order valence-electron chi connectivity index (χ4n) is 6.40. The van der Waals surface area contributed by atoms with Gasteiger partial charge >= 0.3 is 0 Å². The first-order valence-electron chi connectivity index (χ1n) is 15.8. The van der Waals surface area contributed by atoms with E-state index in [-0.39, 0.29) is 19.8 Å². The molecule has 3 unspecified atom stereocenters. The van der Waals surface area contributed by atoms with Gasteiger partial charge in [0.25, 0.3) is 0 Å². The number of aliphatic hydroxyl groups excluding tert-OH is 3. The average molecular weight is 558 g/mol. The molecule has 0 amide bonds. The van der Waals surface area contributed by atoms with Crippen molar-refractivity contribution in [3.05, 3.63) is 0 Å². The predicted molar refractivity (Wildman–Crippen MR) is 171 cm³/mol. The lowest BCUT2D eigenvalue weighted by Crippen LogP contribution is -2.32. The lowest BCUT2D eigenvalue weighted by atomic mass is 9.64. The van der Waals surface area contributed by atoms with Crippen LogP contribution in [0.4, 0.5) is 0 Å². The lowest BCUT2D eigenvalue weighted by molar-refractivity contribution is 0.0835. The Bertz CT molecular complexity index is 509. The second-order valence-corrected chi connectivity index (χ2v) is 12.4. The van der Waals surface area contributed by atoms with E-state index in [1.165, 1.54) is 64.2 Å². The molecule has 0 aliphatic heterocycles. The minimum Gasteiger partial charge on any atom is -0.396 e. The molecule has 9 N–H and O–H groups in total. The highest BCUT2D eigenvalue weighted by Gasteiger charge is 2.45. The average Bonchev–Trinajstić information content (AvgIpc) is 3.20. The first kappa shape index (κ1) is 42.8. The fraction of sp³-hybridized carbons (Fsp3) is 0.939. The fourth-order valence-corrected chi connectivity index (χ4v) is 6.40. The summed E-state index contributed by atoms with van der Waals surface area (Å²) in [7, 11) is 0. The summed E-state index contributed by atoms with van der Waals surface area (Å²) in [6, 6.07) is 0. The Morgan fingerprint density at radius 2 is 1.31 bits per heavy atom. The van der Waals surface area contributed by atoms with Gasteiger partial charge in [-0.1, -0.05) is 67.2 Å². The first-order valence-corrected chi connectivity index (χ1v) is 15.8. The van der Waals surface area contributed by atoms with Crippen molar-refractivity contribution in [2.75, 3.05) is 39.5 Å². The maximum Gasteiger partial charge on any atom is 0.0443 e. The topological polar surface area (TPSA) is 139 Å². The maximum atomic E-state index is 7.99. The molecule has 0 aromatic rings. The van der Waals surface area contributed by atoms with E-state index in [0.717, 1.165) is 42.9 Å². The van der Waals surface area contributed by atoms with Gasteiger partial charge in [0.15, 0.2) is 0 Å². The standard InChI is InChI=1S/C22H42.3C3H9NO.C2H2/c1-7-15-22(6)18(3)12-14-20(22)17(2)11-13-19-10-8-9-16-21(19,4)5;3*4-2-1-3-5;1-2/h17-20H,7-16H2,1-6H3;3*5H,1-4H2;1-2H/t17?,18-,19?,20?,22+;;;;/m0..../s1. The third-order valence-corrected chi connectivity index (χ3v) is 9.15. The van der Waals surface area contributed by atoms with Crippen LogP contribution in [0.5, 0.6) is 0 Å². The van der Waals surface area contributed by atoms with Crippen molar-refractivity contribution in [1.82, 2.24) is 0 Å². The number of rotatable bonds is 12. The molecule has 2 rings (SSSR count). The quantitative estimate of drug-likeness (QED) is 0.170. The van der Waals surface area contributed by atoms with Gasteiger partial charge < -0.3 is 32.5 Å². The molecule has 0 spiro atoms. The third-order valence-electron chi connectivity index (χ3n) is 9.15. The van der Waals surface area contributed by atoms with E-state index < -0.39 is 0 Å². The smallest absolute Gasteiger partial charge is 0.0443 e. The summed E-state index contributed by atoms with van der Waals surface area (Å²) in [4.78, 5) is 0. The molecule has 0 heterocycles. The Kier molecular flexibility index (Phi) is 30.2. The molecule has 236 valence electrons. The number of aliphatic hydroxyl groups is 3. The van der Waals surface area contributed by atoms with Gasteiger partial charge in [-0.3, -0.25) is 0 Å². The van der Waals surface area contributed by atoms with Gasteiger partial charge in [-0.25, -0.2) is 0 Å². The Morgan fingerprint density at radius 1 is 0.821 bits per heavy atom. The Morgan fingerprint density at radius 3 is 1.67 bits per heavy atom. The van der Waals surface area contributed by atoms with Crippen molar-refractivity contribution < 1.29 is 15.3 Å². The summed E-state index contributed by atoms with van der Waals surface area (Å²) in [6.07, 6.45) is 24.8. The van der Waals surface area contributed by atoms with Crippen LogP contribution in [0.3, 0.4) is 0 Å². The monoisotopic (exact) mass is 558 g/mol. The van der Waals surface area contributed by atoms with Gasteiger partial charge in [-0.15, -0.1) is 12.8 Å². The van der Waals surface area contributed by atoms with E-state index in [2.05, 4.69) is 54.4 Å². The van der Waals surface area contributed by atoms with Gasteiger partial charge in [-0.2, -0.15) is 0 Å². The predicted octanol–water partition coefficient (Wildman–Crippen LogP) is 5.70. The van der Waals surface area contributed by atoms with Crippen LogP contribution in [0, 0.1) is 47.3 Å². The highest BCUT2D eigenvalue weighted by atomic mass is 16.3. The summed E-state index contributed by atoms with van der Waals surface area (Å²) in [5.74, 6) is 3.83. The second-order valence-electron chi connectivity index (χ2n) is 12.4. The van der Waals surface area contributed by atoms with Gasteiger partial charge in [0.2, 0.25) is 0 Å². The Hall–Kier alpha value is -0.680. The molecule has 2 aliphatic carbocycles. The van der Waals surface area contributed by atoms with E-state index >= 15 is 0 Å². The van der Waals surface area contributed by atoms with Crippen molar-refractivity contribution in [2.24, 2.45) is 51.7 Å². The highest BCUT2D eigenvalue weighted by Crippen LogP contribution is 2.54. The Labute approximate surface area is 244 Å². The molecule has 5 atom stereocenters. The van der Waals surface area contributed by atoms with Crippen molar-refractivity contribution in [3.63, 3.8) is 0 Å². The van der Waals surface area contributed by atoms with E-state index in [1.807, 2.05) is 0 Å². The van der Waals surface area contributed by atoms with Crippen molar-refractivity contribution in [2.45, 2.75) is 125 Å². The van der Waals surface area contributed by atoms with Crippen LogP contribution in [0.25, 0.3) is 0 Å². The number of hydrogen-bond donors (Lipinski definition) is 6. The van der Waals surface area contributed by atoms with Crippen molar-refractivity contribution >= 4 is 0 Å². The molecular formula is C33H71N3O3. The molecule has 0 aromatic heterocycles. The summed E-state index contributed by atoms with van der Waals surface area (Å²) >= 11 is 0. The van der Waals surface area contributed by atoms with E-state index in [9.17, 15) is 0 Å². The molecule has 0 aromatic carbocycles. The van der Waals surface area contributed by atoms with Crippen LogP contribution < -0.4 is 17.2 Å². The van der Waals surface area contributed by atoms with Crippen LogP contribution in [0.2, 0.25) is 0 Å². The largest absolute Gasteiger partial charge is 0.396 e. The minimum atomic E-state index is 0.219. The third kappa shape index (κ3) is 19.1.